The van der Waals surface area contributed by atoms with E-state index < -0.39 is 0 Å². The molecule has 0 saturated carbocycles. The molecular weight excluding hydrogens is 356 g/mol. The van der Waals surface area contributed by atoms with Gasteiger partial charge >= 0.3 is 0 Å². The van der Waals surface area contributed by atoms with E-state index in [1.807, 2.05) is 6.07 Å². The molecule has 2 aromatic rings. The molecule has 1 unspecified atom stereocenters. The Balaban J connectivity index is 1.53. The first-order valence-electron chi connectivity index (χ1n) is 9.71. The number of nitrogens with one attached hydrogen (secondary N) is 1. The number of pyridine rings is 1. The maximum atomic E-state index is 11.7. The molecule has 8 nitrogen and oxygen atoms in total. The van der Waals surface area contributed by atoms with Gasteiger partial charge in [0.05, 0.1) is 24.5 Å². The summed E-state index contributed by atoms with van der Waals surface area (Å²) in [5.74, 6) is 1.45. The zero-order valence-corrected chi connectivity index (χ0v) is 16.0. The lowest BCUT2D eigenvalue weighted by Crippen LogP contribution is -2.45. The minimum absolute atomic E-state index is 0.115. The van der Waals surface area contributed by atoms with Crippen LogP contribution in [0.4, 0.5) is 11.6 Å². The maximum Gasteiger partial charge on any atom is 0.266 e. The number of anilines is 2. The Hall–Kier alpha value is -2.92. The standard InChI is InChI=1S/C20H24N6O2/c1-25-19(27)6-5-18(24-25)26-8-3-2-4-16(26)12-22-20-14(11-21)10-15-13-28-9-7-17(15)23-20/h5-6,10,16H,2-4,7-9,12-13H2,1H3,(H,22,23). The summed E-state index contributed by atoms with van der Waals surface area (Å²) < 4.78 is 6.83. The van der Waals surface area contributed by atoms with Gasteiger partial charge in [0.25, 0.3) is 5.56 Å². The fraction of sp³-hybridized carbons (Fsp3) is 0.500. The number of nitriles is 1. The Morgan fingerprint density at radius 1 is 1.39 bits per heavy atom. The average Bonchev–Trinajstić information content (AvgIpc) is 2.73. The summed E-state index contributed by atoms with van der Waals surface area (Å²) in [6.45, 7) is 2.76. The van der Waals surface area contributed by atoms with Gasteiger partial charge in [0, 0.05) is 44.2 Å². The van der Waals surface area contributed by atoms with Gasteiger partial charge < -0.3 is 15.0 Å². The van der Waals surface area contributed by atoms with E-state index in [0.717, 1.165) is 49.3 Å². The molecule has 0 radical (unpaired) electrons. The van der Waals surface area contributed by atoms with E-state index in [1.165, 1.54) is 4.68 Å². The molecule has 0 aliphatic carbocycles. The zero-order valence-electron chi connectivity index (χ0n) is 16.0. The molecule has 1 atom stereocenters. The molecule has 0 spiro atoms. The topological polar surface area (TPSA) is 96.1 Å². The van der Waals surface area contributed by atoms with Gasteiger partial charge in [-0.25, -0.2) is 9.67 Å². The number of rotatable bonds is 4. The van der Waals surface area contributed by atoms with Crippen molar-refractivity contribution in [1.82, 2.24) is 14.8 Å². The van der Waals surface area contributed by atoms with Crippen molar-refractivity contribution in [1.29, 1.82) is 5.26 Å². The van der Waals surface area contributed by atoms with Gasteiger partial charge in [-0.3, -0.25) is 4.79 Å². The third-order valence-corrected chi connectivity index (χ3v) is 5.43. The predicted molar refractivity (Wildman–Crippen MR) is 105 cm³/mol. The van der Waals surface area contributed by atoms with Crippen molar-refractivity contribution in [2.24, 2.45) is 7.05 Å². The van der Waals surface area contributed by atoms with E-state index >= 15 is 0 Å². The second-order valence-electron chi connectivity index (χ2n) is 7.28. The number of hydrogen-bond donors (Lipinski definition) is 1. The third kappa shape index (κ3) is 3.71. The quantitative estimate of drug-likeness (QED) is 0.860. The summed E-state index contributed by atoms with van der Waals surface area (Å²) in [5, 5.41) is 17.3. The van der Waals surface area contributed by atoms with Crippen molar-refractivity contribution in [3.05, 3.63) is 45.4 Å². The van der Waals surface area contributed by atoms with Crippen molar-refractivity contribution < 1.29 is 4.74 Å². The molecule has 4 rings (SSSR count). The summed E-state index contributed by atoms with van der Waals surface area (Å²) in [7, 11) is 1.67. The van der Waals surface area contributed by atoms with Gasteiger partial charge in [-0.15, -0.1) is 0 Å². The molecule has 8 heteroatoms. The molecule has 1 fully saturated rings. The average molecular weight is 380 g/mol. The molecule has 2 aliphatic heterocycles. The molecule has 1 N–H and O–H groups in total. The largest absolute Gasteiger partial charge is 0.376 e. The number of ether oxygens (including phenoxy) is 1. The fourth-order valence-electron chi connectivity index (χ4n) is 3.88. The molecule has 0 aromatic carbocycles. The van der Waals surface area contributed by atoms with Gasteiger partial charge in [0.1, 0.15) is 17.7 Å². The molecule has 0 bridgehead atoms. The van der Waals surface area contributed by atoms with Crippen LogP contribution in [0.2, 0.25) is 0 Å². The minimum Gasteiger partial charge on any atom is -0.376 e. The third-order valence-electron chi connectivity index (χ3n) is 5.43. The van der Waals surface area contributed by atoms with E-state index in [-0.39, 0.29) is 11.6 Å². The van der Waals surface area contributed by atoms with Crippen molar-refractivity contribution in [2.75, 3.05) is 29.9 Å². The molecule has 28 heavy (non-hydrogen) atoms. The molecule has 146 valence electrons. The van der Waals surface area contributed by atoms with Crippen LogP contribution >= 0.6 is 0 Å². The summed E-state index contributed by atoms with van der Waals surface area (Å²) in [6, 6.07) is 7.71. The second kappa shape index (κ2) is 7.98. The van der Waals surface area contributed by atoms with Gasteiger partial charge in [0.15, 0.2) is 0 Å². The van der Waals surface area contributed by atoms with Gasteiger partial charge in [-0.1, -0.05) is 0 Å². The van der Waals surface area contributed by atoms with Gasteiger partial charge in [0.2, 0.25) is 0 Å². The number of hydrogen-bond acceptors (Lipinski definition) is 7. The molecule has 2 aliphatic rings. The van der Waals surface area contributed by atoms with E-state index in [2.05, 4.69) is 21.4 Å². The smallest absolute Gasteiger partial charge is 0.266 e. The zero-order chi connectivity index (χ0) is 19.5. The van der Waals surface area contributed by atoms with Crippen LogP contribution in [0.25, 0.3) is 0 Å². The van der Waals surface area contributed by atoms with E-state index in [0.29, 0.717) is 31.1 Å². The van der Waals surface area contributed by atoms with Crippen molar-refractivity contribution in [3.8, 4) is 6.07 Å². The number of fused-ring (bicyclic) bond motifs is 1. The van der Waals surface area contributed by atoms with Crippen molar-refractivity contribution in [2.45, 2.75) is 38.3 Å². The Labute approximate surface area is 163 Å². The fourth-order valence-corrected chi connectivity index (χ4v) is 3.88. The number of nitrogens with zero attached hydrogens (tertiary/aromatic N) is 5. The Kier molecular flexibility index (Phi) is 5.26. The van der Waals surface area contributed by atoms with Crippen LogP contribution in [0.15, 0.2) is 23.0 Å². The SMILES string of the molecule is Cn1nc(N2CCCCC2CNc2nc3c(cc2C#N)COCC3)ccc1=O. The highest BCUT2D eigenvalue weighted by atomic mass is 16.5. The first-order chi connectivity index (χ1) is 13.7. The Morgan fingerprint density at radius 3 is 3.11 bits per heavy atom. The normalized spacial score (nSPS) is 19.0. The Bertz CT molecular complexity index is 964. The van der Waals surface area contributed by atoms with Crippen LogP contribution < -0.4 is 15.8 Å². The molecule has 4 heterocycles. The Morgan fingerprint density at radius 2 is 2.29 bits per heavy atom. The van der Waals surface area contributed by atoms with E-state index in [4.69, 9.17) is 9.72 Å². The van der Waals surface area contributed by atoms with E-state index in [1.54, 1.807) is 19.2 Å². The highest BCUT2D eigenvalue weighted by Gasteiger charge is 2.25. The summed E-state index contributed by atoms with van der Waals surface area (Å²) in [4.78, 5) is 18.6. The van der Waals surface area contributed by atoms with Crippen LogP contribution in [0.1, 0.15) is 36.1 Å². The summed E-state index contributed by atoms with van der Waals surface area (Å²) >= 11 is 0. The van der Waals surface area contributed by atoms with Crippen LogP contribution in [-0.2, 0) is 24.8 Å². The second-order valence-corrected chi connectivity index (χ2v) is 7.28. The maximum absolute atomic E-state index is 11.7. The predicted octanol–water partition coefficient (Wildman–Crippen LogP) is 1.59. The highest BCUT2D eigenvalue weighted by Crippen LogP contribution is 2.25. The lowest BCUT2D eigenvalue weighted by molar-refractivity contribution is 0.109. The number of aryl methyl sites for hydroxylation is 1. The van der Waals surface area contributed by atoms with Gasteiger partial charge in [-0.05, 0) is 31.4 Å². The minimum atomic E-state index is -0.115. The van der Waals surface area contributed by atoms with Crippen LogP contribution in [0.5, 0.6) is 0 Å². The summed E-state index contributed by atoms with van der Waals surface area (Å²) in [5.41, 5.74) is 2.44. The lowest BCUT2D eigenvalue weighted by Gasteiger charge is -2.37. The van der Waals surface area contributed by atoms with Crippen LogP contribution in [0, 0.1) is 11.3 Å². The monoisotopic (exact) mass is 380 g/mol. The lowest BCUT2D eigenvalue weighted by atomic mass is 10.0. The first kappa shape index (κ1) is 18.4. The number of aromatic nitrogens is 3. The number of piperidine rings is 1. The van der Waals surface area contributed by atoms with Crippen molar-refractivity contribution in [3.63, 3.8) is 0 Å². The first-order valence-corrected chi connectivity index (χ1v) is 9.71. The van der Waals surface area contributed by atoms with Crippen molar-refractivity contribution >= 4 is 11.6 Å². The van der Waals surface area contributed by atoms with Crippen LogP contribution in [-0.4, -0.2) is 40.5 Å². The summed E-state index contributed by atoms with van der Waals surface area (Å²) in [6.07, 6.45) is 4.04. The van der Waals surface area contributed by atoms with E-state index in [9.17, 15) is 10.1 Å². The molecule has 2 aromatic heterocycles. The highest BCUT2D eigenvalue weighted by molar-refractivity contribution is 5.55. The molecule has 0 amide bonds. The van der Waals surface area contributed by atoms with Crippen LogP contribution in [0.3, 0.4) is 0 Å². The van der Waals surface area contributed by atoms with Gasteiger partial charge in [-0.2, -0.15) is 10.4 Å². The molecule has 1 saturated heterocycles. The molecular formula is C20H24N6O2.